The van der Waals surface area contributed by atoms with Crippen LogP contribution in [0.4, 0.5) is 0 Å². The first kappa shape index (κ1) is 21.0. The second-order valence-corrected chi connectivity index (χ2v) is 9.33. The molecule has 12 heteroatoms. The number of hydrogen-bond donors (Lipinski definition) is 2. The van der Waals surface area contributed by atoms with E-state index in [0.29, 0.717) is 22.3 Å². The molecule has 0 bridgehead atoms. The standard InChI is InChI=1S/C19H21N5O6S/c1-11-9-23(31(28,29)18-6-5-17(25)20-21-18)10-16(11)24-15-7-12(30-2)3-4-13(15)14(22-24)8-19(26)27/h3-7,11,16H,8-10H2,1-2H3,(H,20,25)(H,26,27)/t11-,16+/m1/s1. The highest BCUT2D eigenvalue weighted by Crippen LogP contribution is 2.35. The third-order valence-corrected chi connectivity index (χ3v) is 7.12. The molecule has 3 heterocycles. The van der Waals surface area contributed by atoms with Gasteiger partial charge in [-0.3, -0.25) is 9.48 Å². The third kappa shape index (κ3) is 3.79. The topological polar surface area (TPSA) is 148 Å². The second-order valence-electron chi connectivity index (χ2n) is 7.44. The molecule has 0 aliphatic carbocycles. The van der Waals surface area contributed by atoms with E-state index >= 15 is 0 Å². The predicted octanol–water partition coefficient (Wildman–Crippen LogP) is 1.05. The van der Waals surface area contributed by atoms with E-state index in [1.165, 1.54) is 23.5 Å². The maximum atomic E-state index is 13.0. The molecule has 1 aliphatic heterocycles. The van der Waals surface area contributed by atoms with Crippen LogP contribution in [0.1, 0.15) is 18.7 Å². The van der Waals surface area contributed by atoms with Crippen LogP contribution in [0.3, 0.4) is 0 Å². The van der Waals surface area contributed by atoms with Crippen molar-refractivity contribution in [1.29, 1.82) is 0 Å². The largest absolute Gasteiger partial charge is 0.497 e. The molecule has 11 nitrogen and oxygen atoms in total. The number of hydrogen-bond acceptors (Lipinski definition) is 8. The Balaban J connectivity index is 1.73. The zero-order valence-electron chi connectivity index (χ0n) is 16.8. The van der Waals surface area contributed by atoms with Crippen molar-refractivity contribution in [2.75, 3.05) is 20.2 Å². The number of nitrogens with zero attached hydrogens (tertiary/aromatic N) is 5. The summed E-state index contributed by atoms with van der Waals surface area (Å²) in [6.07, 6.45) is -0.248. The van der Waals surface area contributed by atoms with Crippen molar-refractivity contribution in [2.45, 2.75) is 24.4 Å². The SMILES string of the molecule is COc1ccc2c(CC(=O)O)nn([C@H]3CN(S(=O)(=O)c4ccc(O)nn4)C[C@H]3C)c2c1. The van der Waals surface area contributed by atoms with E-state index in [2.05, 4.69) is 15.3 Å². The summed E-state index contributed by atoms with van der Waals surface area (Å²) in [5, 5.41) is 30.5. The fraction of sp³-hybridized carbons (Fsp3) is 0.368. The van der Waals surface area contributed by atoms with E-state index in [1.807, 2.05) is 6.92 Å². The molecule has 4 rings (SSSR count). The number of ether oxygens (including phenoxy) is 1. The van der Waals surface area contributed by atoms with E-state index in [9.17, 15) is 23.4 Å². The molecule has 1 saturated heterocycles. The number of carboxylic acid groups (broad SMARTS) is 1. The number of rotatable bonds is 6. The van der Waals surface area contributed by atoms with E-state index in [1.54, 1.807) is 22.9 Å². The highest BCUT2D eigenvalue weighted by atomic mass is 32.2. The maximum absolute atomic E-state index is 13.0. The minimum absolute atomic E-state index is 0.105. The monoisotopic (exact) mass is 447 g/mol. The molecule has 164 valence electrons. The average molecular weight is 447 g/mol. The molecule has 31 heavy (non-hydrogen) atoms. The van der Waals surface area contributed by atoms with Crippen LogP contribution in [0.2, 0.25) is 0 Å². The van der Waals surface area contributed by atoms with Crippen LogP contribution in [0.15, 0.2) is 35.4 Å². The van der Waals surface area contributed by atoms with Gasteiger partial charge in [0, 0.05) is 30.6 Å². The Hall–Kier alpha value is -3.25. The van der Waals surface area contributed by atoms with Gasteiger partial charge < -0.3 is 14.9 Å². The van der Waals surface area contributed by atoms with E-state index in [0.717, 1.165) is 0 Å². The highest BCUT2D eigenvalue weighted by Gasteiger charge is 2.40. The Morgan fingerprint density at radius 3 is 2.65 bits per heavy atom. The Bertz CT molecular complexity index is 1240. The first-order valence-corrected chi connectivity index (χ1v) is 10.9. The Morgan fingerprint density at radius 2 is 2.00 bits per heavy atom. The number of aromatic nitrogens is 4. The van der Waals surface area contributed by atoms with Crippen molar-refractivity contribution in [2.24, 2.45) is 5.92 Å². The van der Waals surface area contributed by atoms with Gasteiger partial charge in [-0.15, -0.1) is 10.2 Å². The number of carboxylic acids is 1. The third-order valence-electron chi connectivity index (χ3n) is 5.39. The molecular formula is C19H21N5O6S. The molecule has 1 aliphatic rings. The van der Waals surface area contributed by atoms with Gasteiger partial charge in [0.25, 0.3) is 10.0 Å². The molecule has 2 N–H and O–H groups in total. The van der Waals surface area contributed by atoms with Gasteiger partial charge in [-0.25, -0.2) is 8.42 Å². The van der Waals surface area contributed by atoms with Gasteiger partial charge >= 0.3 is 5.97 Å². The van der Waals surface area contributed by atoms with Gasteiger partial charge in [-0.2, -0.15) is 9.40 Å². The summed E-state index contributed by atoms with van der Waals surface area (Å²) in [6, 6.07) is 7.31. The van der Waals surface area contributed by atoms with Gasteiger partial charge in [0.1, 0.15) is 5.75 Å². The second kappa shape index (κ2) is 7.78. The molecule has 0 radical (unpaired) electrons. The zero-order valence-corrected chi connectivity index (χ0v) is 17.7. The first-order chi connectivity index (χ1) is 14.7. The molecule has 2 aromatic heterocycles. The zero-order chi connectivity index (χ0) is 22.3. The average Bonchev–Trinajstić information content (AvgIpc) is 3.28. The summed E-state index contributed by atoms with van der Waals surface area (Å²) in [5.41, 5.74) is 1.08. The fourth-order valence-electron chi connectivity index (χ4n) is 3.84. The molecule has 0 saturated carbocycles. The molecule has 1 fully saturated rings. The molecule has 2 atom stereocenters. The minimum Gasteiger partial charge on any atom is -0.497 e. The summed E-state index contributed by atoms with van der Waals surface area (Å²) in [6.45, 7) is 2.27. The van der Waals surface area contributed by atoms with Crippen molar-refractivity contribution < 1.29 is 28.2 Å². The van der Waals surface area contributed by atoms with E-state index < -0.39 is 16.0 Å². The van der Waals surface area contributed by atoms with E-state index in [4.69, 9.17) is 4.74 Å². The van der Waals surface area contributed by atoms with Crippen LogP contribution in [-0.4, -0.2) is 69.1 Å². The van der Waals surface area contributed by atoms with Crippen LogP contribution in [0, 0.1) is 5.92 Å². The van der Waals surface area contributed by atoms with Crippen LogP contribution in [-0.2, 0) is 21.2 Å². The van der Waals surface area contributed by atoms with Crippen LogP contribution < -0.4 is 4.74 Å². The Morgan fingerprint density at radius 1 is 1.23 bits per heavy atom. The minimum atomic E-state index is -3.92. The number of aliphatic carboxylic acids is 1. The summed E-state index contributed by atoms with van der Waals surface area (Å²) in [7, 11) is -2.39. The van der Waals surface area contributed by atoms with Gasteiger partial charge in [-0.1, -0.05) is 6.92 Å². The lowest BCUT2D eigenvalue weighted by molar-refractivity contribution is -0.136. The molecule has 0 unspecified atom stereocenters. The fourth-order valence-corrected chi connectivity index (χ4v) is 5.27. The van der Waals surface area contributed by atoms with Crippen molar-refractivity contribution in [1.82, 2.24) is 24.3 Å². The van der Waals surface area contributed by atoms with Crippen molar-refractivity contribution >= 4 is 26.9 Å². The Kier molecular flexibility index (Phi) is 5.27. The van der Waals surface area contributed by atoms with Crippen molar-refractivity contribution in [3.8, 4) is 11.6 Å². The molecule has 3 aromatic rings. The molecule has 0 amide bonds. The first-order valence-electron chi connectivity index (χ1n) is 9.50. The number of aromatic hydroxyl groups is 1. The lowest BCUT2D eigenvalue weighted by atomic mass is 10.1. The smallest absolute Gasteiger partial charge is 0.309 e. The molecule has 1 aromatic carbocycles. The van der Waals surface area contributed by atoms with Gasteiger partial charge in [0.05, 0.1) is 30.8 Å². The number of benzene rings is 1. The lowest BCUT2D eigenvalue weighted by Gasteiger charge is -2.17. The predicted molar refractivity (Wildman–Crippen MR) is 108 cm³/mol. The lowest BCUT2D eigenvalue weighted by Crippen LogP contribution is -2.30. The van der Waals surface area contributed by atoms with Gasteiger partial charge in [-0.05, 0) is 24.1 Å². The van der Waals surface area contributed by atoms with Crippen molar-refractivity contribution in [3.05, 3.63) is 36.0 Å². The number of methoxy groups -OCH3 is 1. The van der Waals surface area contributed by atoms with Gasteiger partial charge in [0.2, 0.25) is 5.88 Å². The van der Waals surface area contributed by atoms with E-state index in [-0.39, 0.29) is 42.4 Å². The van der Waals surface area contributed by atoms with Crippen molar-refractivity contribution in [3.63, 3.8) is 0 Å². The van der Waals surface area contributed by atoms with Crippen LogP contribution in [0.25, 0.3) is 10.9 Å². The molecular weight excluding hydrogens is 426 g/mol. The summed E-state index contributed by atoms with van der Waals surface area (Å²) in [5.74, 6) is -0.886. The van der Waals surface area contributed by atoms with Crippen LogP contribution >= 0.6 is 0 Å². The Labute approximate surface area is 177 Å². The molecule has 0 spiro atoms. The quantitative estimate of drug-likeness (QED) is 0.565. The highest BCUT2D eigenvalue weighted by molar-refractivity contribution is 7.89. The summed E-state index contributed by atoms with van der Waals surface area (Å²) in [4.78, 5) is 11.3. The maximum Gasteiger partial charge on any atom is 0.309 e. The number of sulfonamides is 1. The van der Waals surface area contributed by atoms with Crippen LogP contribution in [0.5, 0.6) is 11.6 Å². The number of fused-ring (bicyclic) bond motifs is 1. The normalized spacial score (nSPS) is 19.7. The number of carbonyl (C=O) groups is 1. The van der Waals surface area contributed by atoms with Gasteiger partial charge in [0.15, 0.2) is 5.03 Å². The summed E-state index contributed by atoms with van der Waals surface area (Å²) >= 11 is 0. The summed E-state index contributed by atoms with van der Waals surface area (Å²) < 4.78 is 34.3.